The van der Waals surface area contributed by atoms with Crippen molar-refractivity contribution >= 4 is 57.1 Å². The van der Waals surface area contributed by atoms with Gasteiger partial charge >= 0.3 is 5.97 Å². The molecule has 2 aromatic rings. The molecule has 0 spiro atoms. The number of carbonyl (C=O) groups excluding carboxylic acids is 2. The summed E-state index contributed by atoms with van der Waals surface area (Å²) in [6, 6.07) is 4.80. The maximum Gasteiger partial charge on any atom is 0.330 e. The van der Waals surface area contributed by atoms with Gasteiger partial charge in [-0.05, 0) is 43.7 Å². The predicted octanol–water partition coefficient (Wildman–Crippen LogP) is 5.24. The Bertz CT molecular complexity index is 1580. The molecule has 1 aromatic heterocycles. The van der Waals surface area contributed by atoms with Crippen LogP contribution in [0.1, 0.15) is 64.5 Å². The Labute approximate surface area is 272 Å². The first kappa shape index (κ1) is 31.7. The molecule has 1 saturated heterocycles. The number of fused-ring (bicyclic) bond motifs is 3. The van der Waals surface area contributed by atoms with Crippen LogP contribution in [0.25, 0.3) is 10.9 Å². The molecule has 12 heteroatoms. The second kappa shape index (κ2) is 12.8. The second-order valence-corrected chi connectivity index (χ2v) is 14.1. The molecule has 1 saturated carbocycles. The van der Waals surface area contributed by atoms with Crippen LogP contribution in [0.15, 0.2) is 35.3 Å². The molecule has 240 valence electrons. The molecular weight excluding hydrogens is 616 g/mol. The van der Waals surface area contributed by atoms with Crippen molar-refractivity contribution < 1.29 is 29.0 Å². The number of aromatic nitrogens is 1. The van der Waals surface area contributed by atoms with E-state index < -0.39 is 29.6 Å². The van der Waals surface area contributed by atoms with Crippen LogP contribution < -0.4 is 14.8 Å². The minimum absolute atomic E-state index is 0.130. The zero-order valence-electron chi connectivity index (χ0n) is 25.8. The van der Waals surface area contributed by atoms with Crippen LogP contribution in [0.4, 0.5) is 0 Å². The van der Waals surface area contributed by atoms with Crippen molar-refractivity contribution in [3.63, 3.8) is 0 Å². The Morgan fingerprint density at radius 2 is 2.04 bits per heavy atom. The minimum Gasteiger partial charge on any atom is -0.495 e. The summed E-state index contributed by atoms with van der Waals surface area (Å²) in [6.45, 7) is 4.50. The lowest BCUT2D eigenvalue weighted by atomic mass is 10.1. The topological polar surface area (TPSA) is 130 Å². The predicted molar refractivity (Wildman–Crippen MR) is 174 cm³/mol. The fourth-order valence-electron chi connectivity index (χ4n) is 6.42. The van der Waals surface area contributed by atoms with E-state index in [4.69, 9.17) is 31.1 Å². The summed E-state index contributed by atoms with van der Waals surface area (Å²) in [5, 5.41) is 14.7. The van der Waals surface area contributed by atoms with E-state index in [0.29, 0.717) is 51.9 Å². The third kappa shape index (κ3) is 6.25. The highest BCUT2D eigenvalue weighted by Gasteiger charge is 2.61. The second-order valence-electron chi connectivity index (χ2n) is 12.7. The van der Waals surface area contributed by atoms with Gasteiger partial charge in [-0.2, -0.15) is 0 Å². The van der Waals surface area contributed by atoms with E-state index in [-0.39, 0.29) is 30.8 Å². The Morgan fingerprint density at radius 3 is 2.78 bits per heavy atom. The molecule has 5 atom stereocenters. The monoisotopic (exact) mass is 654 g/mol. The number of carboxylic acid groups (broad SMARTS) is 1. The van der Waals surface area contributed by atoms with Crippen LogP contribution >= 0.6 is 23.4 Å². The SMILES string of the molecule is COc1ccc2c(O[C@@H]3C[C@H]4C(=O)N[C@]5(C(=O)O)C[C@H]5/C=C\CCCCCC(=O)N4C3)cc(C3=NC(C(C)C)CS3)nc2c1Cl. The average molecular weight is 655 g/mol. The highest BCUT2D eigenvalue weighted by Crippen LogP contribution is 2.46. The number of carbonyl (C=O) groups is 3. The highest BCUT2D eigenvalue weighted by molar-refractivity contribution is 8.14. The highest BCUT2D eigenvalue weighted by atomic mass is 35.5. The van der Waals surface area contributed by atoms with Crippen LogP contribution in [0.3, 0.4) is 0 Å². The van der Waals surface area contributed by atoms with Gasteiger partial charge in [-0.3, -0.25) is 14.6 Å². The number of ether oxygens (including phenoxy) is 2. The number of nitrogens with zero attached hydrogens (tertiary/aromatic N) is 3. The lowest BCUT2D eigenvalue weighted by molar-refractivity contribution is -0.145. The lowest BCUT2D eigenvalue weighted by Crippen LogP contribution is -2.53. The first-order valence-corrected chi connectivity index (χ1v) is 17.0. The summed E-state index contributed by atoms with van der Waals surface area (Å²) in [5.74, 6) is 0.338. The maximum atomic E-state index is 13.7. The zero-order chi connectivity index (χ0) is 31.9. The van der Waals surface area contributed by atoms with Crippen molar-refractivity contribution in [2.75, 3.05) is 19.4 Å². The molecule has 4 heterocycles. The van der Waals surface area contributed by atoms with E-state index in [9.17, 15) is 19.5 Å². The van der Waals surface area contributed by atoms with Crippen molar-refractivity contribution in [2.45, 2.75) is 82.5 Å². The van der Waals surface area contributed by atoms with Gasteiger partial charge in [0.15, 0.2) is 0 Å². The average Bonchev–Trinajstić information content (AvgIpc) is 3.33. The number of aliphatic carboxylic acids is 1. The molecule has 2 N–H and O–H groups in total. The maximum absolute atomic E-state index is 13.7. The van der Waals surface area contributed by atoms with Gasteiger partial charge in [0, 0.05) is 36.0 Å². The van der Waals surface area contributed by atoms with Gasteiger partial charge in [0.25, 0.3) is 0 Å². The van der Waals surface area contributed by atoms with Crippen molar-refractivity contribution in [3.8, 4) is 11.5 Å². The number of carboxylic acids is 1. The summed E-state index contributed by atoms with van der Waals surface area (Å²) in [6.07, 6.45) is 7.60. The number of benzene rings is 1. The van der Waals surface area contributed by atoms with Gasteiger partial charge in [-0.15, -0.1) is 11.8 Å². The number of rotatable bonds is 6. The molecular formula is C33H39ClN4O6S. The van der Waals surface area contributed by atoms with Gasteiger partial charge in [0.05, 0.1) is 30.9 Å². The summed E-state index contributed by atoms with van der Waals surface area (Å²) >= 11 is 8.40. The number of allylic oxidation sites excluding steroid dienone is 1. The molecule has 1 unspecified atom stereocenters. The van der Waals surface area contributed by atoms with E-state index in [1.54, 1.807) is 29.8 Å². The van der Waals surface area contributed by atoms with Crippen LogP contribution in [-0.4, -0.2) is 81.0 Å². The third-order valence-electron chi connectivity index (χ3n) is 9.28. The van der Waals surface area contributed by atoms with E-state index in [0.717, 1.165) is 36.5 Å². The first-order valence-electron chi connectivity index (χ1n) is 15.7. The van der Waals surface area contributed by atoms with Crippen LogP contribution in [0.2, 0.25) is 5.02 Å². The molecule has 1 aromatic carbocycles. The Hall–Kier alpha value is -3.31. The Kier molecular flexibility index (Phi) is 9.03. The van der Waals surface area contributed by atoms with Gasteiger partial charge in [-0.25, -0.2) is 9.78 Å². The van der Waals surface area contributed by atoms with E-state index in [1.165, 1.54) is 0 Å². The molecule has 0 bridgehead atoms. The van der Waals surface area contributed by atoms with Crippen molar-refractivity contribution in [2.24, 2.45) is 16.8 Å². The van der Waals surface area contributed by atoms with Gasteiger partial charge in [0.2, 0.25) is 11.8 Å². The zero-order valence-corrected chi connectivity index (χ0v) is 27.3. The number of halogens is 1. The molecule has 45 heavy (non-hydrogen) atoms. The fraction of sp³-hybridized carbons (Fsp3) is 0.545. The number of methoxy groups -OCH3 is 1. The molecule has 2 fully saturated rings. The van der Waals surface area contributed by atoms with E-state index in [1.807, 2.05) is 24.3 Å². The number of hydrogen-bond donors (Lipinski definition) is 2. The van der Waals surface area contributed by atoms with Gasteiger partial charge in [0.1, 0.15) is 39.3 Å². The molecule has 0 radical (unpaired) electrons. The minimum atomic E-state index is -1.34. The Balaban J connectivity index is 1.32. The number of hydrogen-bond acceptors (Lipinski definition) is 8. The molecule has 3 aliphatic heterocycles. The molecule has 4 aliphatic rings. The number of pyridine rings is 1. The van der Waals surface area contributed by atoms with Gasteiger partial charge in [-0.1, -0.05) is 44.0 Å². The van der Waals surface area contributed by atoms with E-state index >= 15 is 0 Å². The Morgan fingerprint density at radius 1 is 1.22 bits per heavy atom. The lowest BCUT2D eigenvalue weighted by Gasteiger charge is -2.25. The fourth-order valence-corrected chi connectivity index (χ4v) is 7.95. The largest absolute Gasteiger partial charge is 0.495 e. The standard InChI is InChI=1S/C33H39ClN4O6S/c1-18(2)23-17-45-31(36-23)22-14-26(21-11-12-25(43-3)28(34)29(21)35-22)44-20-13-24-30(40)37-33(32(41)42)15-19(33)9-7-5-4-6-8-10-27(39)38(24)16-20/h7,9,11-12,14,18-20,23-24H,4-6,8,10,13,15-17H2,1-3H3,(H,37,40)(H,41,42)/b9-7-/t19-,20-,23?,24+,33-/m1/s1. The summed E-state index contributed by atoms with van der Waals surface area (Å²) in [4.78, 5) is 50.8. The summed E-state index contributed by atoms with van der Waals surface area (Å²) in [7, 11) is 1.55. The van der Waals surface area contributed by atoms with Crippen LogP contribution in [0, 0.1) is 11.8 Å². The first-order chi connectivity index (χ1) is 21.6. The normalized spacial score (nSPS) is 29.4. The quantitative estimate of drug-likeness (QED) is 0.405. The third-order valence-corrected chi connectivity index (χ3v) is 10.7. The molecule has 10 nitrogen and oxygen atoms in total. The summed E-state index contributed by atoms with van der Waals surface area (Å²) in [5.41, 5.74) is -0.185. The van der Waals surface area contributed by atoms with E-state index in [2.05, 4.69) is 19.2 Å². The molecule has 2 amide bonds. The van der Waals surface area contributed by atoms with Crippen molar-refractivity contribution in [3.05, 3.63) is 41.1 Å². The molecule has 6 rings (SSSR count). The summed E-state index contributed by atoms with van der Waals surface area (Å²) < 4.78 is 12.1. The number of nitrogens with one attached hydrogen (secondary N) is 1. The smallest absolute Gasteiger partial charge is 0.330 e. The number of aliphatic imine (C=N–C) groups is 1. The van der Waals surface area contributed by atoms with Gasteiger partial charge < -0.3 is 24.8 Å². The number of amides is 2. The van der Waals surface area contributed by atoms with Crippen molar-refractivity contribution in [1.82, 2.24) is 15.2 Å². The number of thioether (sulfide) groups is 1. The molecule has 1 aliphatic carbocycles. The van der Waals surface area contributed by atoms with Crippen LogP contribution in [0.5, 0.6) is 11.5 Å². The van der Waals surface area contributed by atoms with Crippen LogP contribution in [-0.2, 0) is 14.4 Å². The van der Waals surface area contributed by atoms with Crippen molar-refractivity contribution in [1.29, 1.82) is 0 Å².